The summed E-state index contributed by atoms with van der Waals surface area (Å²) in [5.41, 5.74) is 1.12. The predicted octanol–water partition coefficient (Wildman–Crippen LogP) is 3.25. The SMILES string of the molecule is C[C@H](Sc1nnc(CNC(=O)c2ccc(Cl)cc2)n1C)C(=O)Nc1ccc2c(c1)OCO2. The van der Waals surface area contributed by atoms with Gasteiger partial charge in [0.1, 0.15) is 0 Å². The molecule has 9 nitrogen and oxygen atoms in total. The van der Waals surface area contributed by atoms with E-state index in [1.54, 1.807) is 61.0 Å². The maximum absolute atomic E-state index is 12.6. The Morgan fingerprint density at radius 3 is 2.69 bits per heavy atom. The summed E-state index contributed by atoms with van der Waals surface area (Å²) in [6, 6.07) is 11.8. The van der Waals surface area contributed by atoms with Crippen molar-refractivity contribution in [3.8, 4) is 11.5 Å². The Kier molecular flexibility index (Phi) is 6.52. The molecule has 0 radical (unpaired) electrons. The quantitative estimate of drug-likeness (QED) is 0.507. The fraction of sp³-hybridized carbons (Fsp3) is 0.238. The lowest BCUT2D eigenvalue weighted by Gasteiger charge is -2.12. The molecular weight excluding hydrogens is 454 g/mol. The van der Waals surface area contributed by atoms with Crippen LogP contribution in [0, 0.1) is 0 Å². The molecule has 0 fully saturated rings. The maximum Gasteiger partial charge on any atom is 0.251 e. The molecule has 0 aliphatic carbocycles. The molecule has 0 saturated carbocycles. The van der Waals surface area contributed by atoms with E-state index in [0.29, 0.717) is 38.8 Å². The van der Waals surface area contributed by atoms with Crippen LogP contribution >= 0.6 is 23.4 Å². The van der Waals surface area contributed by atoms with Crippen molar-refractivity contribution < 1.29 is 19.1 Å². The van der Waals surface area contributed by atoms with E-state index < -0.39 is 5.25 Å². The van der Waals surface area contributed by atoms with Gasteiger partial charge < -0.3 is 24.7 Å². The molecule has 2 N–H and O–H groups in total. The number of aromatic nitrogens is 3. The number of hydrogen-bond donors (Lipinski definition) is 2. The normalized spacial score (nSPS) is 13.0. The van der Waals surface area contributed by atoms with Crippen LogP contribution in [0.3, 0.4) is 0 Å². The summed E-state index contributed by atoms with van der Waals surface area (Å²) in [4.78, 5) is 24.9. The number of hydrogen-bond acceptors (Lipinski definition) is 7. The van der Waals surface area contributed by atoms with Gasteiger partial charge in [0.05, 0.1) is 11.8 Å². The van der Waals surface area contributed by atoms with Crippen molar-refractivity contribution in [1.29, 1.82) is 0 Å². The van der Waals surface area contributed by atoms with Crippen molar-refractivity contribution in [2.75, 3.05) is 12.1 Å². The van der Waals surface area contributed by atoms with Crippen LogP contribution in [0.15, 0.2) is 47.6 Å². The topological polar surface area (TPSA) is 107 Å². The van der Waals surface area contributed by atoms with Crippen molar-refractivity contribution >= 4 is 40.9 Å². The molecule has 1 aromatic heterocycles. The molecule has 0 unspecified atom stereocenters. The zero-order valence-electron chi connectivity index (χ0n) is 17.3. The molecule has 2 amide bonds. The van der Waals surface area contributed by atoms with E-state index in [4.69, 9.17) is 21.1 Å². The largest absolute Gasteiger partial charge is 0.454 e. The minimum Gasteiger partial charge on any atom is -0.454 e. The fourth-order valence-electron chi connectivity index (χ4n) is 2.89. The van der Waals surface area contributed by atoms with Crippen molar-refractivity contribution in [2.45, 2.75) is 23.9 Å². The summed E-state index contributed by atoms with van der Waals surface area (Å²) in [6.45, 7) is 2.15. The second-order valence-corrected chi connectivity index (χ2v) is 8.71. The van der Waals surface area contributed by atoms with Crippen LogP contribution < -0.4 is 20.1 Å². The van der Waals surface area contributed by atoms with Crippen LogP contribution in [0.2, 0.25) is 5.02 Å². The summed E-state index contributed by atoms with van der Waals surface area (Å²) in [5.74, 6) is 1.39. The second kappa shape index (κ2) is 9.49. The first kappa shape index (κ1) is 22.0. The number of halogens is 1. The van der Waals surface area contributed by atoms with Gasteiger partial charge in [-0.3, -0.25) is 9.59 Å². The maximum atomic E-state index is 12.6. The van der Waals surface area contributed by atoms with Crippen LogP contribution in [0.1, 0.15) is 23.1 Å². The number of rotatable bonds is 7. The number of amides is 2. The van der Waals surface area contributed by atoms with E-state index in [-0.39, 0.29) is 25.2 Å². The molecular formula is C21H20ClN5O4S. The number of carbonyl (C=O) groups excluding carboxylic acids is 2. The number of thioether (sulfide) groups is 1. The first-order valence-electron chi connectivity index (χ1n) is 9.70. The Bertz CT molecular complexity index is 1150. The van der Waals surface area contributed by atoms with Crippen LogP contribution in [0.4, 0.5) is 5.69 Å². The monoisotopic (exact) mass is 473 g/mol. The minimum absolute atomic E-state index is 0.174. The summed E-state index contributed by atoms with van der Waals surface area (Å²) in [7, 11) is 1.79. The van der Waals surface area contributed by atoms with Gasteiger partial charge in [0.25, 0.3) is 5.91 Å². The zero-order chi connectivity index (χ0) is 22.7. The van der Waals surface area contributed by atoms with Crippen LogP contribution in [-0.4, -0.2) is 38.6 Å². The Morgan fingerprint density at radius 2 is 1.91 bits per heavy atom. The third-order valence-electron chi connectivity index (χ3n) is 4.73. The van der Waals surface area contributed by atoms with Crippen molar-refractivity contribution in [2.24, 2.45) is 7.05 Å². The smallest absolute Gasteiger partial charge is 0.251 e. The molecule has 2 heterocycles. The van der Waals surface area contributed by atoms with E-state index in [1.165, 1.54) is 11.8 Å². The van der Waals surface area contributed by atoms with E-state index in [1.807, 2.05) is 0 Å². The highest BCUT2D eigenvalue weighted by atomic mass is 35.5. The van der Waals surface area contributed by atoms with Gasteiger partial charge in [-0.2, -0.15) is 0 Å². The van der Waals surface area contributed by atoms with Gasteiger partial charge in [-0.05, 0) is 43.3 Å². The second-order valence-electron chi connectivity index (χ2n) is 6.96. The molecule has 2 aromatic carbocycles. The summed E-state index contributed by atoms with van der Waals surface area (Å²) < 4.78 is 12.4. The molecule has 4 rings (SSSR count). The van der Waals surface area contributed by atoms with Crippen molar-refractivity contribution in [3.63, 3.8) is 0 Å². The molecule has 1 atom stereocenters. The number of ether oxygens (including phenoxy) is 2. The molecule has 32 heavy (non-hydrogen) atoms. The minimum atomic E-state index is -0.431. The highest BCUT2D eigenvalue weighted by Crippen LogP contribution is 2.34. The average Bonchev–Trinajstić information content (AvgIpc) is 3.39. The predicted molar refractivity (Wildman–Crippen MR) is 120 cm³/mol. The van der Waals surface area contributed by atoms with E-state index >= 15 is 0 Å². The number of anilines is 1. The first-order valence-corrected chi connectivity index (χ1v) is 11.0. The Hall–Kier alpha value is -3.24. The van der Waals surface area contributed by atoms with Gasteiger partial charge in [-0.25, -0.2) is 0 Å². The van der Waals surface area contributed by atoms with Gasteiger partial charge >= 0.3 is 0 Å². The van der Waals surface area contributed by atoms with Gasteiger partial charge in [0, 0.05) is 29.4 Å². The van der Waals surface area contributed by atoms with Crippen LogP contribution in [-0.2, 0) is 18.4 Å². The molecule has 1 aliphatic rings. The zero-order valence-corrected chi connectivity index (χ0v) is 18.9. The fourth-order valence-corrected chi connectivity index (χ4v) is 3.85. The van der Waals surface area contributed by atoms with Crippen molar-refractivity contribution in [3.05, 3.63) is 58.9 Å². The molecule has 0 saturated heterocycles. The number of nitrogens with zero attached hydrogens (tertiary/aromatic N) is 3. The van der Waals surface area contributed by atoms with Crippen LogP contribution in [0.5, 0.6) is 11.5 Å². The molecule has 3 aromatic rings. The lowest BCUT2D eigenvalue weighted by Crippen LogP contribution is -2.24. The van der Waals surface area contributed by atoms with E-state index in [9.17, 15) is 9.59 Å². The Balaban J connectivity index is 1.32. The molecule has 11 heteroatoms. The molecule has 166 valence electrons. The summed E-state index contributed by atoms with van der Waals surface area (Å²) >= 11 is 7.12. The lowest BCUT2D eigenvalue weighted by atomic mass is 10.2. The lowest BCUT2D eigenvalue weighted by molar-refractivity contribution is -0.115. The van der Waals surface area contributed by atoms with Gasteiger partial charge in [0.2, 0.25) is 12.7 Å². The molecule has 0 spiro atoms. The van der Waals surface area contributed by atoms with E-state index in [0.717, 1.165) is 0 Å². The highest BCUT2D eigenvalue weighted by molar-refractivity contribution is 8.00. The summed E-state index contributed by atoms with van der Waals surface area (Å²) in [5, 5.41) is 14.6. The summed E-state index contributed by atoms with van der Waals surface area (Å²) in [6.07, 6.45) is 0. The van der Waals surface area contributed by atoms with Crippen LogP contribution in [0.25, 0.3) is 0 Å². The van der Waals surface area contributed by atoms with Gasteiger partial charge in [-0.15, -0.1) is 10.2 Å². The third kappa shape index (κ3) is 4.97. The van der Waals surface area contributed by atoms with Gasteiger partial charge in [-0.1, -0.05) is 23.4 Å². The van der Waals surface area contributed by atoms with Crippen molar-refractivity contribution in [1.82, 2.24) is 20.1 Å². The number of fused-ring (bicyclic) bond motifs is 1. The van der Waals surface area contributed by atoms with Gasteiger partial charge in [0.15, 0.2) is 22.5 Å². The Morgan fingerprint density at radius 1 is 1.16 bits per heavy atom. The highest BCUT2D eigenvalue weighted by Gasteiger charge is 2.20. The Labute approximate surface area is 193 Å². The third-order valence-corrected chi connectivity index (χ3v) is 6.12. The molecule has 1 aliphatic heterocycles. The molecule has 0 bridgehead atoms. The number of nitrogens with one attached hydrogen (secondary N) is 2. The standard InChI is InChI=1S/C21H20ClN5O4S/c1-12(19(28)24-15-7-8-16-17(9-15)31-11-30-16)32-21-26-25-18(27(21)2)10-23-20(29)13-3-5-14(22)6-4-13/h3-9,12H,10-11H2,1-2H3,(H,23,29)(H,24,28)/t12-/m0/s1. The average molecular weight is 474 g/mol. The van der Waals surface area contributed by atoms with E-state index in [2.05, 4.69) is 20.8 Å². The number of benzene rings is 2. The number of carbonyl (C=O) groups is 2. The first-order chi connectivity index (χ1) is 15.4.